The molecule has 0 radical (unpaired) electrons. The van der Waals surface area contributed by atoms with E-state index in [1.165, 1.54) is 6.92 Å². The molecule has 0 heterocycles. The van der Waals surface area contributed by atoms with Gasteiger partial charge in [0.15, 0.2) is 0 Å². The van der Waals surface area contributed by atoms with Crippen molar-refractivity contribution in [3.05, 3.63) is 0 Å². The van der Waals surface area contributed by atoms with Crippen LogP contribution in [0.15, 0.2) is 0 Å². The summed E-state index contributed by atoms with van der Waals surface area (Å²) in [6, 6.07) is 0. The minimum atomic E-state index is -4.49. The van der Waals surface area contributed by atoms with E-state index < -0.39 is 18.1 Å². The average Bonchev–Trinajstić information content (AvgIpc) is 1.85. The molecule has 0 aromatic carbocycles. The molecule has 0 rings (SSSR count). The van der Waals surface area contributed by atoms with E-state index in [1.807, 2.05) is 0 Å². The molecule has 0 fully saturated rings. The van der Waals surface area contributed by atoms with Crippen LogP contribution in [0, 0.1) is 5.92 Å². The Morgan fingerprint density at radius 3 is 2.27 bits per heavy atom. The Kier molecular flexibility index (Phi) is 3.35. The van der Waals surface area contributed by atoms with Crippen LogP contribution in [0.1, 0.15) is 13.8 Å². The fourth-order valence-corrected chi connectivity index (χ4v) is 0.401. The van der Waals surface area contributed by atoms with Gasteiger partial charge in [-0.05, 0) is 13.8 Å². The zero-order chi connectivity index (χ0) is 9.07. The Labute approximate surface area is 62.3 Å². The molecule has 0 aliphatic rings. The molecule has 0 saturated heterocycles. The molecule has 66 valence electrons. The van der Waals surface area contributed by atoms with E-state index in [0.29, 0.717) is 0 Å². The number of alkyl halides is 3. The Morgan fingerprint density at radius 1 is 1.55 bits per heavy atom. The van der Waals surface area contributed by atoms with Crippen molar-refractivity contribution in [3.8, 4) is 0 Å². The van der Waals surface area contributed by atoms with Crippen molar-refractivity contribution in [2.45, 2.75) is 20.0 Å². The normalized spacial score (nSPS) is 14.3. The van der Waals surface area contributed by atoms with Crippen LogP contribution in [0.25, 0.3) is 0 Å². The lowest BCUT2D eigenvalue weighted by Crippen LogP contribution is -2.29. The SMILES string of the molecule is CCOC(=O)[C@@H](C)C(F)(F)F. The van der Waals surface area contributed by atoms with Gasteiger partial charge in [0.2, 0.25) is 0 Å². The van der Waals surface area contributed by atoms with E-state index in [1.54, 1.807) is 0 Å². The average molecular weight is 170 g/mol. The molecule has 0 unspecified atom stereocenters. The van der Waals surface area contributed by atoms with E-state index in [-0.39, 0.29) is 6.61 Å². The summed E-state index contributed by atoms with van der Waals surface area (Å²) in [6.07, 6.45) is -4.49. The van der Waals surface area contributed by atoms with Crippen LogP contribution in [0.3, 0.4) is 0 Å². The topological polar surface area (TPSA) is 26.3 Å². The van der Waals surface area contributed by atoms with Crippen molar-refractivity contribution in [2.75, 3.05) is 6.61 Å². The Morgan fingerprint density at radius 2 is 2.00 bits per heavy atom. The predicted molar refractivity (Wildman–Crippen MR) is 31.9 cm³/mol. The minimum Gasteiger partial charge on any atom is -0.466 e. The van der Waals surface area contributed by atoms with Gasteiger partial charge in [0.05, 0.1) is 6.61 Å². The molecule has 0 aliphatic heterocycles. The molecule has 5 heteroatoms. The van der Waals surface area contributed by atoms with Crippen LogP contribution >= 0.6 is 0 Å². The van der Waals surface area contributed by atoms with Gasteiger partial charge >= 0.3 is 12.1 Å². The lowest BCUT2D eigenvalue weighted by Gasteiger charge is -2.13. The fraction of sp³-hybridized carbons (Fsp3) is 0.833. The standard InChI is InChI=1S/C6H9F3O2/c1-3-11-5(10)4(2)6(7,8)9/h4H,3H2,1-2H3/t4-/m1/s1. The summed E-state index contributed by atoms with van der Waals surface area (Å²) in [5, 5.41) is 0. The number of carbonyl (C=O) groups excluding carboxylic acids is 1. The van der Waals surface area contributed by atoms with Crippen LogP contribution < -0.4 is 0 Å². The van der Waals surface area contributed by atoms with Crippen LogP contribution in [0.5, 0.6) is 0 Å². The van der Waals surface area contributed by atoms with E-state index in [9.17, 15) is 18.0 Å². The first-order valence-electron chi connectivity index (χ1n) is 3.13. The van der Waals surface area contributed by atoms with Gasteiger partial charge in [0.25, 0.3) is 0 Å². The minimum absolute atomic E-state index is 0.0285. The van der Waals surface area contributed by atoms with Crippen molar-refractivity contribution in [1.29, 1.82) is 0 Å². The maximum atomic E-state index is 11.7. The zero-order valence-electron chi connectivity index (χ0n) is 6.23. The van der Waals surface area contributed by atoms with Gasteiger partial charge in [-0.25, -0.2) is 0 Å². The third-order valence-electron chi connectivity index (χ3n) is 1.13. The second kappa shape index (κ2) is 3.59. The van der Waals surface area contributed by atoms with Crippen molar-refractivity contribution in [3.63, 3.8) is 0 Å². The number of ether oxygens (including phenoxy) is 1. The summed E-state index contributed by atoms with van der Waals surface area (Å²) in [5.41, 5.74) is 0. The molecule has 0 aromatic heterocycles. The summed E-state index contributed by atoms with van der Waals surface area (Å²) in [4.78, 5) is 10.4. The van der Waals surface area contributed by atoms with Gasteiger partial charge in [-0.2, -0.15) is 13.2 Å². The van der Waals surface area contributed by atoms with E-state index in [2.05, 4.69) is 4.74 Å². The first kappa shape index (κ1) is 10.3. The molecule has 0 spiro atoms. The molecule has 0 amide bonds. The maximum Gasteiger partial charge on any atom is 0.401 e. The number of rotatable bonds is 2. The van der Waals surface area contributed by atoms with Crippen molar-refractivity contribution in [1.82, 2.24) is 0 Å². The van der Waals surface area contributed by atoms with Crippen LogP contribution in [-0.2, 0) is 9.53 Å². The third kappa shape index (κ3) is 3.25. The summed E-state index contributed by atoms with van der Waals surface area (Å²) >= 11 is 0. The Bertz CT molecular complexity index is 141. The quantitative estimate of drug-likeness (QED) is 0.590. The summed E-state index contributed by atoms with van der Waals surface area (Å²) in [6.45, 7) is 2.21. The number of esters is 1. The molecule has 0 bridgehead atoms. The third-order valence-corrected chi connectivity index (χ3v) is 1.13. The van der Waals surface area contributed by atoms with Crippen LogP contribution in [0.4, 0.5) is 13.2 Å². The molecule has 0 saturated carbocycles. The lowest BCUT2D eigenvalue weighted by atomic mass is 10.2. The lowest BCUT2D eigenvalue weighted by molar-refractivity contribution is -0.193. The number of hydrogen-bond acceptors (Lipinski definition) is 2. The van der Waals surface area contributed by atoms with Gasteiger partial charge in [-0.3, -0.25) is 4.79 Å². The van der Waals surface area contributed by atoms with E-state index >= 15 is 0 Å². The van der Waals surface area contributed by atoms with Crippen molar-refractivity contribution < 1.29 is 22.7 Å². The summed E-state index contributed by atoms with van der Waals surface area (Å²) in [5.74, 6) is -3.25. The monoisotopic (exact) mass is 170 g/mol. The molecule has 11 heavy (non-hydrogen) atoms. The van der Waals surface area contributed by atoms with Gasteiger partial charge in [-0.15, -0.1) is 0 Å². The summed E-state index contributed by atoms with van der Waals surface area (Å²) < 4.78 is 39.3. The van der Waals surface area contributed by atoms with Crippen LogP contribution in [-0.4, -0.2) is 18.8 Å². The van der Waals surface area contributed by atoms with E-state index in [4.69, 9.17) is 0 Å². The molecule has 2 nitrogen and oxygen atoms in total. The highest BCUT2D eigenvalue weighted by atomic mass is 19.4. The highest BCUT2D eigenvalue weighted by Crippen LogP contribution is 2.26. The van der Waals surface area contributed by atoms with Crippen LogP contribution in [0.2, 0.25) is 0 Å². The highest BCUT2D eigenvalue weighted by molar-refractivity contribution is 5.72. The van der Waals surface area contributed by atoms with Crippen molar-refractivity contribution in [2.24, 2.45) is 5.92 Å². The molecule has 0 aliphatic carbocycles. The summed E-state index contributed by atoms with van der Waals surface area (Å²) in [7, 11) is 0. The van der Waals surface area contributed by atoms with Crippen molar-refractivity contribution >= 4 is 5.97 Å². The molecule has 0 N–H and O–H groups in total. The number of hydrogen-bond donors (Lipinski definition) is 0. The van der Waals surface area contributed by atoms with Gasteiger partial charge in [-0.1, -0.05) is 0 Å². The van der Waals surface area contributed by atoms with Gasteiger partial charge in [0.1, 0.15) is 5.92 Å². The first-order valence-corrected chi connectivity index (χ1v) is 3.13. The van der Waals surface area contributed by atoms with Gasteiger partial charge in [0, 0.05) is 0 Å². The fourth-order valence-electron chi connectivity index (χ4n) is 0.401. The maximum absolute atomic E-state index is 11.7. The second-order valence-corrected chi connectivity index (χ2v) is 2.02. The molecule has 1 atom stereocenters. The number of halogens is 3. The molecular weight excluding hydrogens is 161 g/mol. The Hall–Kier alpha value is -0.740. The predicted octanol–water partition coefficient (Wildman–Crippen LogP) is 1.75. The highest BCUT2D eigenvalue weighted by Gasteiger charge is 2.42. The Balaban J connectivity index is 4.03. The van der Waals surface area contributed by atoms with E-state index in [0.717, 1.165) is 6.92 Å². The largest absolute Gasteiger partial charge is 0.466 e. The number of carbonyl (C=O) groups is 1. The van der Waals surface area contributed by atoms with Gasteiger partial charge < -0.3 is 4.74 Å². The zero-order valence-corrected chi connectivity index (χ0v) is 6.23. The smallest absolute Gasteiger partial charge is 0.401 e. The second-order valence-electron chi connectivity index (χ2n) is 2.02. The first-order chi connectivity index (χ1) is 4.89. The molecule has 0 aromatic rings. The molecular formula is C6H9F3O2.